The van der Waals surface area contributed by atoms with E-state index in [0.29, 0.717) is 12.3 Å². The Morgan fingerprint density at radius 2 is 1.65 bits per heavy atom. The van der Waals surface area contributed by atoms with Gasteiger partial charge in [0.15, 0.2) is 6.61 Å². The first-order chi connectivity index (χ1) is 14.9. The fourth-order valence-electron chi connectivity index (χ4n) is 3.37. The molecule has 0 bridgehead atoms. The summed E-state index contributed by atoms with van der Waals surface area (Å²) >= 11 is 0. The van der Waals surface area contributed by atoms with Crippen LogP contribution in [0, 0.1) is 0 Å². The van der Waals surface area contributed by atoms with Gasteiger partial charge in [0.25, 0.3) is 5.91 Å². The van der Waals surface area contributed by atoms with Crippen LogP contribution in [0.4, 0.5) is 16.2 Å². The van der Waals surface area contributed by atoms with Crippen LogP contribution in [0.15, 0.2) is 66.7 Å². The minimum atomic E-state index is -0.174. The molecule has 3 amide bonds. The van der Waals surface area contributed by atoms with E-state index in [-0.39, 0.29) is 24.6 Å². The molecule has 0 spiro atoms. The van der Waals surface area contributed by atoms with Gasteiger partial charge in [0, 0.05) is 30.7 Å². The molecule has 6 nitrogen and oxygen atoms in total. The predicted molar refractivity (Wildman–Crippen MR) is 126 cm³/mol. The van der Waals surface area contributed by atoms with Crippen LogP contribution in [0.1, 0.15) is 20.8 Å². The van der Waals surface area contributed by atoms with Gasteiger partial charge in [-0.05, 0) is 56.5 Å². The molecule has 0 aromatic heterocycles. The second kappa shape index (κ2) is 9.98. The van der Waals surface area contributed by atoms with Gasteiger partial charge in [-0.1, -0.05) is 36.4 Å². The first-order valence-electron chi connectivity index (χ1n) is 10.5. The van der Waals surface area contributed by atoms with Crippen LogP contribution >= 0.6 is 0 Å². The highest BCUT2D eigenvalue weighted by molar-refractivity contribution is 6.04. The summed E-state index contributed by atoms with van der Waals surface area (Å²) in [4.78, 5) is 28.3. The van der Waals surface area contributed by atoms with E-state index >= 15 is 0 Å². The highest BCUT2D eigenvalue weighted by Gasteiger charge is 2.17. The van der Waals surface area contributed by atoms with Gasteiger partial charge in [-0.15, -0.1) is 0 Å². The van der Waals surface area contributed by atoms with E-state index in [2.05, 4.69) is 5.32 Å². The summed E-state index contributed by atoms with van der Waals surface area (Å²) in [5.41, 5.74) is 1.62. The number of nitrogens with zero attached hydrogens (tertiary/aromatic N) is 2. The number of urea groups is 1. The van der Waals surface area contributed by atoms with Crippen LogP contribution in [-0.4, -0.2) is 38.2 Å². The van der Waals surface area contributed by atoms with Gasteiger partial charge in [-0.3, -0.25) is 9.69 Å². The lowest BCUT2D eigenvalue weighted by molar-refractivity contribution is -0.120. The Labute approximate surface area is 183 Å². The van der Waals surface area contributed by atoms with Crippen molar-refractivity contribution in [1.29, 1.82) is 0 Å². The maximum Gasteiger partial charge on any atom is 0.321 e. The van der Waals surface area contributed by atoms with Crippen LogP contribution in [0.25, 0.3) is 10.8 Å². The monoisotopic (exact) mass is 419 g/mol. The molecule has 0 fully saturated rings. The third-order valence-corrected chi connectivity index (χ3v) is 4.98. The Balaban J connectivity index is 1.66. The number of hydrogen-bond acceptors (Lipinski definition) is 3. The Morgan fingerprint density at radius 3 is 2.32 bits per heavy atom. The number of amides is 3. The number of ether oxygens (including phenoxy) is 1. The van der Waals surface area contributed by atoms with Gasteiger partial charge in [0.05, 0.1) is 5.69 Å². The van der Waals surface area contributed by atoms with Crippen LogP contribution < -0.4 is 19.9 Å². The molecule has 3 aromatic rings. The van der Waals surface area contributed by atoms with Gasteiger partial charge >= 0.3 is 6.03 Å². The van der Waals surface area contributed by atoms with E-state index < -0.39 is 0 Å². The van der Waals surface area contributed by atoms with Gasteiger partial charge in [-0.25, -0.2) is 4.79 Å². The molecule has 0 atom stereocenters. The summed E-state index contributed by atoms with van der Waals surface area (Å²) in [7, 11) is 1.71. The van der Waals surface area contributed by atoms with E-state index in [1.807, 2.05) is 63.2 Å². The fourth-order valence-corrected chi connectivity index (χ4v) is 3.37. The minimum Gasteiger partial charge on any atom is -0.484 e. The molecule has 0 heterocycles. The topological polar surface area (TPSA) is 61.9 Å². The number of carbonyl (C=O) groups is 2. The quantitative estimate of drug-likeness (QED) is 0.597. The van der Waals surface area contributed by atoms with Crippen LogP contribution in [0.2, 0.25) is 0 Å². The molecule has 0 aliphatic rings. The van der Waals surface area contributed by atoms with Crippen molar-refractivity contribution in [2.75, 3.05) is 30.0 Å². The summed E-state index contributed by atoms with van der Waals surface area (Å²) in [6, 6.07) is 21.0. The van der Waals surface area contributed by atoms with Crippen molar-refractivity contribution in [2.45, 2.75) is 26.8 Å². The van der Waals surface area contributed by atoms with E-state index in [9.17, 15) is 9.59 Å². The van der Waals surface area contributed by atoms with E-state index in [1.54, 1.807) is 36.2 Å². The van der Waals surface area contributed by atoms with Gasteiger partial charge in [0.1, 0.15) is 5.75 Å². The molecule has 0 aliphatic carbocycles. The van der Waals surface area contributed by atoms with Crippen molar-refractivity contribution in [1.82, 2.24) is 5.32 Å². The molecule has 3 aromatic carbocycles. The Hall–Kier alpha value is -3.54. The lowest BCUT2D eigenvalue weighted by Gasteiger charge is -2.23. The molecule has 3 rings (SSSR count). The standard InChI is InChI=1S/C25H29N3O3/c1-5-28(23-12-8-10-19-9-6-7-11-22(19)23)24(29)17-31-21-15-13-20(14-16-21)27(4)25(30)26-18(2)3/h6-16,18H,5,17H2,1-4H3,(H,26,30). The molecule has 1 N–H and O–H groups in total. The Kier molecular flexibility index (Phi) is 7.13. The molecular weight excluding hydrogens is 390 g/mol. The normalized spacial score (nSPS) is 10.7. The zero-order chi connectivity index (χ0) is 22.4. The minimum absolute atomic E-state index is 0.0619. The number of anilines is 2. The first-order valence-corrected chi connectivity index (χ1v) is 10.5. The summed E-state index contributed by atoms with van der Waals surface area (Å²) in [5.74, 6) is 0.458. The highest BCUT2D eigenvalue weighted by Crippen LogP contribution is 2.27. The smallest absolute Gasteiger partial charge is 0.321 e. The molecule has 31 heavy (non-hydrogen) atoms. The third-order valence-electron chi connectivity index (χ3n) is 4.98. The van der Waals surface area contributed by atoms with E-state index in [0.717, 1.165) is 22.1 Å². The van der Waals surface area contributed by atoms with Gasteiger partial charge in [0.2, 0.25) is 0 Å². The van der Waals surface area contributed by atoms with E-state index in [4.69, 9.17) is 4.74 Å². The third kappa shape index (κ3) is 5.34. The maximum atomic E-state index is 12.9. The average molecular weight is 420 g/mol. The predicted octanol–water partition coefficient (Wildman–Crippen LogP) is 4.83. The molecule has 0 saturated heterocycles. The second-order valence-corrected chi connectivity index (χ2v) is 7.58. The SMILES string of the molecule is CCN(C(=O)COc1ccc(N(C)C(=O)NC(C)C)cc1)c1cccc2ccccc12. The Morgan fingerprint density at radius 1 is 0.968 bits per heavy atom. The second-order valence-electron chi connectivity index (χ2n) is 7.58. The zero-order valence-corrected chi connectivity index (χ0v) is 18.5. The highest BCUT2D eigenvalue weighted by atomic mass is 16.5. The van der Waals surface area contributed by atoms with Crippen molar-refractivity contribution >= 4 is 34.1 Å². The molecule has 6 heteroatoms. The number of fused-ring (bicyclic) bond motifs is 1. The van der Waals surface area contributed by atoms with E-state index in [1.165, 1.54) is 4.90 Å². The number of carbonyl (C=O) groups excluding carboxylic acids is 2. The fraction of sp³-hybridized carbons (Fsp3) is 0.280. The van der Waals surface area contributed by atoms with Crippen molar-refractivity contribution in [2.24, 2.45) is 0 Å². The number of benzene rings is 3. The summed E-state index contributed by atoms with van der Waals surface area (Å²) in [6.07, 6.45) is 0. The lowest BCUT2D eigenvalue weighted by Crippen LogP contribution is -2.40. The van der Waals surface area contributed by atoms with Crippen LogP contribution in [0.5, 0.6) is 5.75 Å². The molecule has 162 valence electrons. The van der Waals surface area contributed by atoms with Crippen molar-refractivity contribution < 1.29 is 14.3 Å². The van der Waals surface area contributed by atoms with Gasteiger partial charge < -0.3 is 15.0 Å². The number of rotatable bonds is 7. The number of hydrogen-bond donors (Lipinski definition) is 1. The van der Waals surface area contributed by atoms with Crippen LogP contribution in [-0.2, 0) is 4.79 Å². The molecule has 0 aliphatic heterocycles. The maximum absolute atomic E-state index is 12.9. The molecule has 0 radical (unpaired) electrons. The lowest BCUT2D eigenvalue weighted by atomic mass is 10.1. The average Bonchev–Trinajstić information content (AvgIpc) is 2.77. The first kappa shape index (κ1) is 22.2. The zero-order valence-electron chi connectivity index (χ0n) is 18.5. The molecular formula is C25H29N3O3. The van der Waals surface area contributed by atoms with Gasteiger partial charge in [-0.2, -0.15) is 0 Å². The van der Waals surface area contributed by atoms with Crippen LogP contribution in [0.3, 0.4) is 0 Å². The van der Waals surface area contributed by atoms with Crippen molar-refractivity contribution in [3.05, 3.63) is 66.7 Å². The Bertz CT molecular complexity index is 1040. The molecule has 0 unspecified atom stereocenters. The summed E-state index contributed by atoms with van der Waals surface area (Å²) in [5, 5.41) is 4.97. The molecule has 0 saturated carbocycles. The number of nitrogens with one attached hydrogen (secondary N) is 1. The summed E-state index contributed by atoms with van der Waals surface area (Å²) in [6.45, 7) is 6.26. The number of likely N-dealkylation sites (N-methyl/N-ethyl adjacent to an activating group) is 1. The largest absolute Gasteiger partial charge is 0.484 e. The van der Waals surface area contributed by atoms with Crippen molar-refractivity contribution in [3.8, 4) is 5.75 Å². The van der Waals surface area contributed by atoms with Crippen molar-refractivity contribution in [3.63, 3.8) is 0 Å². The summed E-state index contributed by atoms with van der Waals surface area (Å²) < 4.78 is 5.73.